The SMILES string of the molecule is Cc1ccc(-c2ccc([C@H]3N=C(c4c(F)cccc4Cl)O[C@H]3C)cc2)cc1. The molecule has 3 aromatic rings. The number of halogens is 2. The molecule has 0 radical (unpaired) electrons. The Labute approximate surface area is 163 Å². The molecule has 27 heavy (non-hydrogen) atoms. The number of hydrogen-bond acceptors (Lipinski definition) is 2. The first-order chi connectivity index (χ1) is 13.0. The minimum Gasteiger partial charge on any atom is -0.472 e. The van der Waals surface area contributed by atoms with Crippen LogP contribution < -0.4 is 0 Å². The van der Waals surface area contributed by atoms with Crippen LogP contribution in [-0.2, 0) is 4.74 Å². The number of benzene rings is 3. The molecule has 2 nitrogen and oxygen atoms in total. The van der Waals surface area contributed by atoms with Crippen molar-refractivity contribution in [3.8, 4) is 11.1 Å². The molecule has 0 saturated carbocycles. The fraction of sp³-hybridized carbons (Fsp3) is 0.174. The maximum Gasteiger partial charge on any atom is 0.221 e. The summed E-state index contributed by atoms with van der Waals surface area (Å²) in [5.41, 5.74) is 4.81. The number of hydrogen-bond donors (Lipinski definition) is 0. The summed E-state index contributed by atoms with van der Waals surface area (Å²) in [6.07, 6.45) is -0.194. The van der Waals surface area contributed by atoms with Gasteiger partial charge in [-0.25, -0.2) is 9.38 Å². The fourth-order valence-corrected chi connectivity index (χ4v) is 3.54. The van der Waals surface area contributed by atoms with Crippen molar-refractivity contribution in [2.24, 2.45) is 4.99 Å². The average molecular weight is 380 g/mol. The monoisotopic (exact) mass is 379 g/mol. The molecular formula is C23H19ClFNO. The van der Waals surface area contributed by atoms with Gasteiger partial charge in [0.2, 0.25) is 5.90 Å². The van der Waals surface area contributed by atoms with E-state index in [-0.39, 0.29) is 23.6 Å². The second-order valence-corrected chi connectivity index (χ2v) is 7.19. The van der Waals surface area contributed by atoms with E-state index in [0.29, 0.717) is 5.02 Å². The summed E-state index contributed by atoms with van der Waals surface area (Å²) in [4.78, 5) is 4.62. The average Bonchev–Trinajstić information content (AvgIpc) is 3.04. The van der Waals surface area contributed by atoms with Crippen LogP contribution in [0.2, 0.25) is 5.02 Å². The highest BCUT2D eigenvalue weighted by atomic mass is 35.5. The highest BCUT2D eigenvalue weighted by Crippen LogP contribution is 2.34. The summed E-state index contributed by atoms with van der Waals surface area (Å²) in [6, 6.07) is 21.1. The second kappa shape index (κ2) is 7.16. The van der Waals surface area contributed by atoms with Gasteiger partial charge in [-0.1, -0.05) is 71.8 Å². The molecule has 1 aliphatic heterocycles. The van der Waals surface area contributed by atoms with Gasteiger partial charge in [-0.2, -0.15) is 0 Å². The zero-order valence-corrected chi connectivity index (χ0v) is 15.9. The Morgan fingerprint density at radius 2 is 1.56 bits per heavy atom. The van der Waals surface area contributed by atoms with Crippen molar-refractivity contribution in [2.75, 3.05) is 0 Å². The van der Waals surface area contributed by atoms with E-state index in [2.05, 4.69) is 60.4 Å². The van der Waals surface area contributed by atoms with E-state index in [1.807, 2.05) is 6.92 Å². The molecule has 0 amide bonds. The Bertz CT molecular complexity index is 976. The Kier molecular flexibility index (Phi) is 4.71. The van der Waals surface area contributed by atoms with Gasteiger partial charge in [0.25, 0.3) is 0 Å². The Morgan fingerprint density at radius 3 is 2.19 bits per heavy atom. The molecule has 3 aromatic carbocycles. The van der Waals surface area contributed by atoms with E-state index in [0.717, 1.165) is 11.1 Å². The van der Waals surface area contributed by atoms with E-state index < -0.39 is 5.82 Å². The first-order valence-electron chi connectivity index (χ1n) is 8.89. The van der Waals surface area contributed by atoms with Gasteiger partial charge in [0.1, 0.15) is 18.0 Å². The molecule has 4 heteroatoms. The van der Waals surface area contributed by atoms with Crippen molar-refractivity contribution in [2.45, 2.75) is 26.0 Å². The van der Waals surface area contributed by atoms with E-state index in [9.17, 15) is 4.39 Å². The number of aliphatic imine (C=N–C) groups is 1. The molecule has 0 spiro atoms. The smallest absolute Gasteiger partial charge is 0.221 e. The van der Waals surface area contributed by atoms with Crippen LogP contribution >= 0.6 is 11.6 Å². The van der Waals surface area contributed by atoms with Crippen molar-refractivity contribution < 1.29 is 9.13 Å². The van der Waals surface area contributed by atoms with Gasteiger partial charge in [0, 0.05) is 0 Å². The molecule has 0 N–H and O–H groups in total. The normalized spacial score (nSPS) is 18.9. The van der Waals surface area contributed by atoms with Crippen LogP contribution in [0.1, 0.15) is 29.7 Å². The molecule has 136 valence electrons. The maximum absolute atomic E-state index is 14.2. The fourth-order valence-electron chi connectivity index (χ4n) is 3.29. The topological polar surface area (TPSA) is 21.6 Å². The van der Waals surface area contributed by atoms with Crippen molar-refractivity contribution >= 4 is 17.5 Å². The highest BCUT2D eigenvalue weighted by Gasteiger charge is 2.31. The molecule has 0 unspecified atom stereocenters. The van der Waals surface area contributed by atoms with Gasteiger partial charge in [0.05, 0.1) is 10.6 Å². The second-order valence-electron chi connectivity index (χ2n) is 6.79. The molecule has 0 fully saturated rings. The first-order valence-corrected chi connectivity index (χ1v) is 9.26. The Hall–Kier alpha value is -2.65. The number of ether oxygens (including phenoxy) is 1. The zero-order chi connectivity index (χ0) is 19.0. The lowest BCUT2D eigenvalue weighted by Gasteiger charge is -2.14. The lowest BCUT2D eigenvalue weighted by Crippen LogP contribution is -2.13. The molecule has 0 aliphatic carbocycles. The molecule has 0 saturated heterocycles. The van der Waals surface area contributed by atoms with Crippen LogP contribution in [0.5, 0.6) is 0 Å². The quantitative estimate of drug-likeness (QED) is 0.518. The summed E-state index contributed by atoms with van der Waals surface area (Å²) < 4.78 is 20.0. The zero-order valence-electron chi connectivity index (χ0n) is 15.1. The van der Waals surface area contributed by atoms with Gasteiger partial charge in [-0.15, -0.1) is 0 Å². The predicted octanol–water partition coefficient (Wildman–Crippen LogP) is 6.36. The Balaban J connectivity index is 1.63. The predicted molar refractivity (Wildman–Crippen MR) is 108 cm³/mol. The van der Waals surface area contributed by atoms with E-state index in [1.165, 1.54) is 17.2 Å². The van der Waals surface area contributed by atoms with Gasteiger partial charge < -0.3 is 4.74 Å². The van der Waals surface area contributed by atoms with Crippen LogP contribution in [0, 0.1) is 12.7 Å². The number of aryl methyl sites for hydroxylation is 1. The van der Waals surface area contributed by atoms with Gasteiger partial charge >= 0.3 is 0 Å². The number of rotatable bonds is 3. The number of nitrogens with zero attached hydrogens (tertiary/aromatic N) is 1. The molecule has 0 aromatic heterocycles. The van der Waals surface area contributed by atoms with Crippen LogP contribution in [0.25, 0.3) is 11.1 Å². The third-order valence-electron chi connectivity index (χ3n) is 4.81. The molecule has 1 heterocycles. The highest BCUT2D eigenvalue weighted by molar-refractivity contribution is 6.33. The van der Waals surface area contributed by atoms with Crippen molar-refractivity contribution in [1.29, 1.82) is 0 Å². The van der Waals surface area contributed by atoms with E-state index >= 15 is 0 Å². The summed E-state index contributed by atoms with van der Waals surface area (Å²) in [7, 11) is 0. The van der Waals surface area contributed by atoms with Crippen molar-refractivity contribution in [1.82, 2.24) is 0 Å². The van der Waals surface area contributed by atoms with E-state index in [4.69, 9.17) is 16.3 Å². The van der Waals surface area contributed by atoms with Gasteiger partial charge in [-0.3, -0.25) is 0 Å². The molecule has 0 bridgehead atoms. The lowest BCUT2D eigenvalue weighted by molar-refractivity contribution is 0.213. The minimum absolute atomic E-state index is 0.192. The lowest BCUT2D eigenvalue weighted by atomic mass is 9.98. The van der Waals surface area contributed by atoms with Crippen LogP contribution in [-0.4, -0.2) is 12.0 Å². The van der Waals surface area contributed by atoms with Crippen LogP contribution in [0.4, 0.5) is 4.39 Å². The van der Waals surface area contributed by atoms with Crippen molar-refractivity contribution in [3.05, 3.63) is 94.3 Å². The maximum atomic E-state index is 14.2. The Morgan fingerprint density at radius 1 is 0.926 bits per heavy atom. The summed E-state index contributed by atoms with van der Waals surface area (Å²) in [5.74, 6) is -0.165. The van der Waals surface area contributed by atoms with Crippen LogP contribution in [0.15, 0.2) is 71.7 Å². The van der Waals surface area contributed by atoms with Crippen LogP contribution in [0.3, 0.4) is 0 Å². The van der Waals surface area contributed by atoms with E-state index in [1.54, 1.807) is 12.1 Å². The standard InChI is InChI=1S/C23H19ClFNO/c1-14-6-8-16(9-7-14)17-10-12-18(13-11-17)22-15(2)27-23(26-22)21-19(24)4-3-5-20(21)25/h3-13,15,22H,1-2H3/t15-,22-/m0/s1. The summed E-state index contributed by atoms with van der Waals surface area (Å²) in [6.45, 7) is 4.01. The molecular weight excluding hydrogens is 361 g/mol. The van der Waals surface area contributed by atoms with Crippen molar-refractivity contribution in [3.63, 3.8) is 0 Å². The third kappa shape index (κ3) is 3.47. The first kappa shape index (κ1) is 17.7. The third-order valence-corrected chi connectivity index (χ3v) is 5.13. The van der Waals surface area contributed by atoms with Gasteiger partial charge in [0.15, 0.2) is 0 Å². The minimum atomic E-state index is -0.427. The summed E-state index contributed by atoms with van der Waals surface area (Å²) in [5, 5.41) is 0.302. The molecule has 2 atom stereocenters. The summed E-state index contributed by atoms with van der Waals surface area (Å²) >= 11 is 6.15. The molecule has 1 aliphatic rings. The van der Waals surface area contributed by atoms with Gasteiger partial charge in [-0.05, 0) is 42.7 Å². The largest absolute Gasteiger partial charge is 0.472 e. The molecule has 4 rings (SSSR count).